The second-order valence-electron chi connectivity index (χ2n) is 6.72. The number of hydrogen-bond acceptors (Lipinski definition) is 2. The molecule has 0 bridgehead atoms. The van der Waals surface area contributed by atoms with Crippen molar-refractivity contribution in [3.05, 3.63) is 83.2 Å². The molecule has 0 saturated heterocycles. The Balaban J connectivity index is 1.62. The van der Waals surface area contributed by atoms with Crippen LogP contribution in [0.2, 0.25) is 5.02 Å². The van der Waals surface area contributed by atoms with E-state index in [0.29, 0.717) is 32.5 Å². The predicted molar refractivity (Wildman–Crippen MR) is 114 cm³/mol. The number of benzene rings is 2. The standard InChI is InChI=1S/C22H13ClF3N3S/c23-15-10-27-16-7-4-8-18(20(15)16)29-11-17(28-12-29)19-9-14(13-5-2-1-3-6-13)21(30-19)22(24,25)26/h1-12,27H. The van der Waals surface area contributed by atoms with Crippen LogP contribution in [0, 0.1) is 0 Å². The average molecular weight is 444 g/mol. The van der Waals surface area contributed by atoms with Crippen LogP contribution < -0.4 is 0 Å². The first-order valence-corrected chi connectivity index (χ1v) is 10.2. The van der Waals surface area contributed by atoms with E-state index in [2.05, 4.69) is 9.97 Å². The fourth-order valence-electron chi connectivity index (χ4n) is 3.48. The van der Waals surface area contributed by atoms with E-state index in [0.717, 1.165) is 16.6 Å². The quantitative estimate of drug-likeness (QED) is 0.309. The number of aromatic amines is 1. The van der Waals surface area contributed by atoms with E-state index >= 15 is 0 Å². The number of halogens is 4. The summed E-state index contributed by atoms with van der Waals surface area (Å²) < 4.78 is 42.8. The van der Waals surface area contributed by atoms with Gasteiger partial charge in [0, 0.05) is 28.9 Å². The number of H-pyrrole nitrogens is 1. The lowest BCUT2D eigenvalue weighted by molar-refractivity contribution is -0.133. The fourth-order valence-corrected chi connectivity index (χ4v) is 4.74. The number of rotatable bonds is 3. The van der Waals surface area contributed by atoms with Crippen LogP contribution >= 0.6 is 22.9 Å². The number of alkyl halides is 3. The molecule has 3 nitrogen and oxygen atoms in total. The van der Waals surface area contributed by atoms with Gasteiger partial charge in [-0.3, -0.25) is 0 Å². The highest BCUT2D eigenvalue weighted by molar-refractivity contribution is 7.16. The molecule has 5 rings (SSSR count). The Morgan fingerprint density at radius 3 is 2.60 bits per heavy atom. The fraction of sp³-hybridized carbons (Fsp3) is 0.0455. The third kappa shape index (κ3) is 3.20. The minimum atomic E-state index is -4.44. The predicted octanol–water partition coefficient (Wildman–Crippen LogP) is 7.42. The molecular formula is C22H13ClF3N3S. The van der Waals surface area contributed by atoms with E-state index in [1.807, 2.05) is 18.2 Å². The summed E-state index contributed by atoms with van der Waals surface area (Å²) in [4.78, 5) is 7.28. The lowest BCUT2D eigenvalue weighted by Crippen LogP contribution is -2.03. The van der Waals surface area contributed by atoms with Gasteiger partial charge in [-0.1, -0.05) is 48.0 Å². The number of nitrogens with one attached hydrogen (secondary N) is 1. The monoisotopic (exact) mass is 443 g/mol. The first-order chi connectivity index (χ1) is 14.4. The normalized spacial score (nSPS) is 12.0. The van der Waals surface area contributed by atoms with E-state index in [-0.39, 0.29) is 5.56 Å². The molecule has 0 fully saturated rings. The maximum Gasteiger partial charge on any atom is 0.426 e. The summed E-state index contributed by atoms with van der Waals surface area (Å²) in [6.07, 6.45) is 0.566. The van der Waals surface area contributed by atoms with E-state index in [1.54, 1.807) is 59.7 Å². The largest absolute Gasteiger partial charge is 0.426 e. The molecule has 3 aromatic heterocycles. The molecule has 0 aliphatic heterocycles. The van der Waals surface area contributed by atoms with Crippen LogP contribution in [-0.4, -0.2) is 14.5 Å². The molecule has 0 aliphatic carbocycles. The minimum Gasteiger partial charge on any atom is -0.360 e. The van der Waals surface area contributed by atoms with Gasteiger partial charge in [-0.05, 0) is 23.8 Å². The second-order valence-corrected chi connectivity index (χ2v) is 8.18. The van der Waals surface area contributed by atoms with Crippen LogP contribution in [0.25, 0.3) is 38.3 Å². The summed E-state index contributed by atoms with van der Waals surface area (Å²) in [5.74, 6) is 0. The van der Waals surface area contributed by atoms with Gasteiger partial charge in [0.1, 0.15) is 4.88 Å². The van der Waals surface area contributed by atoms with Crippen LogP contribution in [-0.2, 0) is 6.18 Å². The third-order valence-electron chi connectivity index (χ3n) is 4.82. The van der Waals surface area contributed by atoms with Crippen molar-refractivity contribution in [2.75, 3.05) is 0 Å². The van der Waals surface area contributed by atoms with Gasteiger partial charge >= 0.3 is 6.18 Å². The van der Waals surface area contributed by atoms with Crippen LogP contribution in [0.4, 0.5) is 13.2 Å². The van der Waals surface area contributed by atoms with Crippen molar-refractivity contribution < 1.29 is 13.2 Å². The van der Waals surface area contributed by atoms with Gasteiger partial charge in [0.05, 0.1) is 27.6 Å². The SMILES string of the molecule is FC(F)(F)c1sc(-c2cn(-c3cccc4[nH]cc(Cl)c34)cn2)cc1-c1ccccc1. The van der Waals surface area contributed by atoms with Crippen molar-refractivity contribution in [1.82, 2.24) is 14.5 Å². The third-order valence-corrected chi connectivity index (χ3v) is 6.32. The first kappa shape index (κ1) is 19.0. The second kappa shape index (κ2) is 7.04. The Hall–Kier alpha value is -3.03. The van der Waals surface area contributed by atoms with Crippen LogP contribution in [0.5, 0.6) is 0 Å². The molecule has 0 saturated carbocycles. The zero-order valence-corrected chi connectivity index (χ0v) is 16.8. The zero-order valence-electron chi connectivity index (χ0n) is 15.2. The molecule has 0 atom stereocenters. The van der Waals surface area contributed by atoms with Crippen LogP contribution in [0.3, 0.4) is 0 Å². The lowest BCUT2D eigenvalue weighted by atomic mass is 10.1. The average Bonchev–Trinajstić information content (AvgIpc) is 3.46. The van der Waals surface area contributed by atoms with Gasteiger partial charge in [-0.2, -0.15) is 13.2 Å². The number of nitrogens with zero attached hydrogens (tertiary/aromatic N) is 2. The van der Waals surface area contributed by atoms with Crippen LogP contribution in [0.15, 0.2) is 73.3 Å². The Morgan fingerprint density at radius 1 is 1.03 bits per heavy atom. The minimum absolute atomic E-state index is 0.161. The molecule has 8 heteroatoms. The summed E-state index contributed by atoms with van der Waals surface area (Å²) in [5, 5.41) is 1.40. The number of imidazole rings is 1. The Morgan fingerprint density at radius 2 is 1.83 bits per heavy atom. The summed E-state index contributed by atoms with van der Waals surface area (Å²) in [6, 6.07) is 15.8. The summed E-state index contributed by atoms with van der Waals surface area (Å²) in [7, 11) is 0. The molecule has 0 radical (unpaired) electrons. The van der Waals surface area contributed by atoms with Crippen molar-refractivity contribution in [2.24, 2.45) is 0 Å². The van der Waals surface area contributed by atoms with E-state index in [4.69, 9.17) is 11.6 Å². The molecule has 30 heavy (non-hydrogen) atoms. The molecule has 0 aliphatic rings. The van der Waals surface area contributed by atoms with Crippen molar-refractivity contribution >= 4 is 33.8 Å². The van der Waals surface area contributed by atoms with Gasteiger partial charge in [0.15, 0.2) is 0 Å². The summed E-state index contributed by atoms with van der Waals surface area (Å²) >= 11 is 7.00. The molecule has 0 spiro atoms. The molecule has 5 aromatic rings. The smallest absolute Gasteiger partial charge is 0.360 e. The number of hydrogen-bond donors (Lipinski definition) is 1. The zero-order chi connectivity index (χ0) is 20.9. The van der Waals surface area contributed by atoms with Crippen LogP contribution in [0.1, 0.15) is 4.88 Å². The molecule has 3 heterocycles. The molecule has 1 N–H and O–H groups in total. The maximum atomic E-state index is 13.7. The Kier molecular flexibility index (Phi) is 4.45. The number of fused-ring (bicyclic) bond motifs is 1. The van der Waals surface area contributed by atoms with Crippen molar-refractivity contribution in [2.45, 2.75) is 6.18 Å². The van der Waals surface area contributed by atoms with Gasteiger partial charge in [-0.25, -0.2) is 4.98 Å². The molecule has 150 valence electrons. The highest BCUT2D eigenvalue weighted by atomic mass is 35.5. The molecule has 0 unspecified atom stereocenters. The van der Waals surface area contributed by atoms with Gasteiger partial charge in [0.25, 0.3) is 0 Å². The molecule has 2 aromatic carbocycles. The Labute approximate surface area is 178 Å². The molecular weight excluding hydrogens is 431 g/mol. The Bertz CT molecular complexity index is 1350. The summed E-state index contributed by atoms with van der Waals surface area (Å²) in [6.45, 7) is 0. The first-order valence-electron chi connectivity index (χ1n) is 8.98. The highest BCUT2D eigenvalue weighted by Crippen LogP contribution is 2.45. The van der Waals surface area contributed by atoms with Gasteiger partial charge in [0.2, 0.25) is 0 Å². The number of aromatic nitrogens is 3. The number of thiophene rings is 1. The molecule has 0 amide bonds. The van der Waals surface area contributed by atoms with E-state index in [1.165, 1.54) is 0 Å². The van der Waals surface area contributed by atoms with E-state index < -0.39 is 11.1 Å². The van der Waals surface area contributed by atoms with E-state index in [9.17, 15) is 13.2 Å². The summed E-state index contributed by atoms with van der Waals surface area (Å²) in [5.41, 5.74) is 2.82. The topological polar surface area (TPSA) is 33.6 Å². The van der Waals surface area contributed by atoms with Gasteiger partial charge < -0.3 is 9.55 Å². The highest BCUT2D eigenvalue weighted by Gasteiger charge is 2.36. The van der Waals surface area contributed by atoms with Gasteiger partial charge in [-0.15, -0.1) is 11.3 Å². The lowest BCUT2D eigenvalue weighted by Gasteiger charge is -2.07. The van der Waals surface area contributed by atoms with Crippen molar-refractivity contribution in [1.29, 1.82) is 0 Å². The van der Waals surface area contributed by atoms with Crippen molar-refractivity contribution in [3.8, 4) is 27.4 Å². The maximum absolute atomic E-state index is 13.7. The van der Waals surface area contributed by atoms with Crippen molar-refractivity contribution in [3.63, 3.8) is 0 Å².